The lowest BCUT2D eigenvalue weighted by atomic mass is 10.1. The molecule has 5 nitrogen and oxygen atoms in total. The van der Waals surface area contributed by atoms with Crippen molar-refractivity contribution in [1.82, 2.24) is 5.32 Å². The number of carbonyl (C=O) groups is 2. The minimum absolute atomic E-state index is 0.263. The van der Waals surface area contributed by atoms with Gasteiger partial charge in [-0.05, 0) is 43.2 Å². The highest BCUT2D eigenvalue weighted by Crippen LogP contribution is 2.11. The van der Waals surface area contributed by atoms with Crippen LogP contribution < -0.4 is 16.0 Å². The van der Waals surface area contributed by atoms with Gasteiger partial charge in [0.1, 0.15) is 6.04 Å². The van der Waals surface area contributed by atoms with Crippen LogP contribution in [0.25, 0.3) is 0 Å². The lowest BCUT2D eigenvalue weighted by molar-refractivity contribution is -0.117. The van der Waals surface area contributed by atoms with E-state index in [0.717, 1.165) is 17.7 Å². The maximum absolute atomic E-state index is 12.1. The van der Waals surface area contributed by atoms with Crippen molar-refractivity contribution >= 4 is 23.3 Å². The van der Waals surface area contributed by atoms with Crippen LogP contribution in [0.5, 0.6) is 0 Å². The number of benzene rings is 2. The maximum Gasteiger partial charge on any atom is 0.319 e. The monoisotopic (exact) mass is 311 g/mol. The summed E-state index contributed by atoms with van der Waals surface area (Å²) in [5.74, 6) is -0.263. The van der Waals surface area contributed by atoms with Crippen LogP contribution in [0.1, 0.15) is 19.4 Å². The smallest absolute Gasteiger partial charge is 0.319 e. The Balaban J connectivity index is 1.88. The molecule has 0 fully saturated rings. The van der Waals surface area contributed by atoms with Gasteiger partial charge in [0.15, 0.2) is 0 Å². The first kappa shape index (κ1) is 16.5. The number of amides is 3. The molecule has 2 aromatic carbocycles. The van der Waals surface area contributed by atoms with E-state index in [1.165, 1.54) is 0 Å². The van der Waals surface area contributed by atoms with Crippen molar-refractivity contribution in [3.8, 4) is 0 Å². The highest BCUT2D eigenvalue weighted by atomic mass is 16.2. The summed E-state index contributed by atoms with van der Waals surface area (Å²) in [7, 11) is 0. The quantitative estimate of drug-likeness (QED) is 0.792. The van der Waals surface area contributed by atoms with Gasteiger partial charge in [-0.1, -0.05) is 37.3 Å². The summed E-state index contributed by atoms with van der Waals surface area (Å²) in [5.41, 5.74) is 2.55. The molecule has 2 aromatic rings. The molecule has 0 radical (unpaired) electrons. The van der Waals surface area contributed by atoms with E-state index in [1.54, 1.807) is 19.1 Å². The van der Waals surface area contributed by atoms with Gasteiger partial charge in [0.05, 0.1) is 0 Å². The summed E-state index contributed by atoms with van der Waals surface area (Å²) < 4.78 is 0. The van der Waals surface area contributed by atoms with Crippen molar-refractivity contribution in [1.29, 1.82) is 0 Å². The van der Waals surface area contributed by atoms with E-state index >= 15 is 0 Å². The SMILES string of the molecule is CCc1cccc(NC(=O)C(C)NC(=O)Nc2ccccc2)c1. The van der Waals surface area contributed by atoms with Crippen molar-refractivity contribution in [2.24, 2.45) is 0 Å². The third-order valence-electron chi connectivity index (χ3n) is 3.38. The topological polar surface area (TPSA) is 70.2 Å². The third-order valence-corrected chi connectivity index (χ3v) is 3.38. The van der Waals surface area contributed by atoms with Gasteiger partial charge in [0.25, 0.3) is 0 Å². The van der Waals surface area contributed by atoms with Crippen LogP contribution in [0.3, 0.4) is 0 Å². The zero-order valence-corrected chi connectivity index (χ0v) is 13.3. The third kappa shape index (κ3) is 5.14. The number of aryl methyl sites for hydroxylation is 1. The summed E-state index contributed by atoms with van der Waals surface area (Å²) in [6, 6.07) is 15.7. The number of nitrogens with one attached hydrogen (secondary N) is 3. The predicted octanol–water partition coefficient (Wildman–Crippen LogP) is 3.40. The van der Waals surface area contributed by atoms with E-state index < -0.39 is 12.1 Å². The first-order valence-electron chi connectivity index (χ1n) is 7.61. The molecule has 0 bridgehead atoms. The average Bonchev–Trinajstić information content (AvgIpc) is 2.55. The highest BCUT2D eigenvalue weighted by molar-refractivity contribution is 5.98. The second-order valence-corrected chi connectivity index (χ2v) is 5.23. The summed E-state index contributed by atoms with van der Waals surface area (Å²) >= 11 is 0. The van der Waals surface area contributed by atoms with E-state index in [2.05, 4.69) is 22.9 Å². The Morgan fingerprint density at radius 2 is 1.65 bits per heavy atom. The molecule has 0 heterocycles. The first-order chi connectivity index (χ1) is 11.1. The molecule has 0 spiro atoms. The Morgan fingerprint density at radius 1 is 0.957 bits per heavy atom. The van der Waals surface area contributed by atoms with E-state index in [0.29, 0.717) is 5.69 Å². The lowest BCUT2D eigenvalue weighted by Crippen LogP contribution is -2.43. The lowest BCUT2D eigenvalue weighted by Gasteiger charge is -2.15. The van der Waals surface area contributed by atoms with Gasteiger partial charge < -0.3 is 16.0 Å². The fraction of sp³-hybridized carbons (Fsp3) is 0.222. The number of carbonyl (C=O) groups excluding carboxylic acids is 2. The van der Waals surface area contributed by atoms with Crippen molar-refractivity contribution in [2.75, 3.05) is 10.6 Å². The van der Waals surface area contributed by atoms with Gasteiger partial charge in [0, 0.05) is 11.4 Å². The second kappa shape index (κ2) is 7.98. The summed E-state index contributed by atoms with van der Waals surface area (Å²) in [4.78, 5) is 24.0. The average molecular weight is 311 g/mol. The minimum atomic E-state index is -0.649. The van der Waals surface area contributed by atoms with Crippen LogP contribution >= 0.6 is 0 Å². The molecule has 0 saturated heterocycles. The van der Waals surface area contributed by atoms with E-state index in [4.69, 9.17) is 0 Å². The van der Waals surface area contributed by atoms with Gasteiger partial charge in [-0.3, -0.25) is 4.79 Å². The molecule has 1 atom stereocenters. The number of hydrogen-bond donors (Lipinski definition) is 3. The molecule has 0 aliphatic carbocycles. The van der Waals surface area contributed by atoms with Crippen molar-refractivity contribution in [3.63, 3.8) is 0 Å². The zero-order chi connectivity index (χ0) is 16.7. The van der Waals surface area contributed by atoms with Gasteiger partial charge >= 0.3 is 6.03 Å². The van der Waals surface area contributed by atoms with Crippen LogP contribution in [-0.4, -0.2) is 18.0 Å². The van der Waals surface area contributed by atoms with E-state index in [1.807, 2.05) is 42.5 Å². The predicted molar refractivity (Wildman–Crippen MR) is 92.5 cm³/mol. The zero-order valence-electron chi connectivity index (χ0n) is 13.3. The van der Waals surface area contributed by atoms with Crippen LogP contribution in [0.2, 0.25) is 0 Å². The molecular formula is C18H21N3O2. The van der Waals surface area contributed by atoms with Gasteiger partial charge in [-0.2, -0.15) is 0 Å². The molecule has 23 heavy (non-hydrogen) atoms. The molecule has 0 saturated carbocycles. The number of hydrogen-bond acceptors (Lipinski definition) is 2. The first-order valence-corrected chi connectivity index (χ1v) is 7.61. The molecule has 120 valence electrons. The van der Waals surface area contributed by atoms with Crippen LogP contribution in [0.15, 0.2) is 54.6 Å². The van der Waals surface area contributed by atoms with Crippen LogP contribution in [0.4, 0.5) is 16.2 Å². The Labute approximate surface area is 136 Å². The van der Waals surface area contributed by atoms with Gasteiger partial charge in [-0.25, -0.2) is 4.79 Å². The van der Waals surface area contributed by atoms with Crippen molar-refractivity contribution in [2.45, 2.75) is 26.3 Å². The van der Waals surface area contributed by atoms with Crippen LogP contribution in [0, 0.1) is 0 Å². The highest BCUT2D eigenvalue weighted by Gasteiger charge is 2.15. The summed E-state index contributed by atoms with van der Waals surface area (Å²) in [5, 5.41) is 8.10. The number of para-hydroxylation sites is 1. The molecule has 2 rings (SSSR count). The second-order valence-electron chi connectivity index (χ2n) is 5.23. The molecule has 0 aromatic heterocycles. The Hall–Kier alpha value is -2.82. The fourth-order valence-corrected chi connectivity index (χ4v) is 2.07. The Bertz CT molecular complexity index is 671. The maximum atomic E-state index is 12.1. The Morgan fingerprint density at radius 3 is 2.35 bits per heavy atom. The van der Waals surface area contributed by atoms with E-state index in [9.17, 15) is 9.59 Å². The molecular weight excluding hydrogens is 290 g/mol. The van der Waals surface area contributed by atoms with E-state index in [-0.39, 0.29) is 5.91 Å². The molecule has 3 N–H and O–H groups in total. The molecule has 0 aliphatic heterocycles. The van der Waals surface area contributed by atoms with Crippen molar-refractivity contribution in [3.05, 3.63) is 60.2 Å². The van der Waals surface area contributed by atoms with Gasteiger partial charge in [-0.15, -0.1) is 0 Å². The molecule has 0 aliphatic rings. The largest absolute Gasteiger partial charge is 0.326 e. The number of anilines is 2. The van der Waals surface area contributed by atoms with Gasteiger partial charge in [0.2, 0.25) is 5.91 Å². The molecule has 1 unspecified atom stereocenters. The molecule has 5 heteroatoms. The van der Waals surface area contributed by atoms with Crippen LogP contribution in [-0.2, 0) is 11.2 Å². The summed E-state index contributed by atoms with van der Waals surface area (Å²) in [6.07, 6.45) is 0.900. The number of urea groups is 1. The van der Waals surface area contributed by atoms with Crippen molar-refractivity contribution < 1.29 is 9.59 Å². The minimum Gasteiger partial charge on any atom is -0.326 e. The summed E-state index contributed by atoms with van der Waals surface area (Å²) in [6.45, 7) is 3.70. The fourth-order valence-electron chi connectivity index (χ4n) is 2.07. The Kier molecular flexibility index (Phi) is 5.74. The standard InChI is InChI=1S/C18H21N3O2/c1-3-14-8-7-11-16(12-14)20-17(22)13(2)19-18(23)21-15-9-5-4-6-10-15/h4-13H,3H2,1-2H3,(H,20,22)(H2,19,21,23). The normalized spacial score (nSPS) is 11.4. The molecule has 3 amide bonds. The number of rotatable bonds is 5.